The Labute approximate surface area is 192 Å². The number of ether oxygens (including phenoxy) is 1. The fourth-order valence-electron chi connectivity index (χ4n) is 4.81. The minimum absolute atomic E-state index is 0.0328. The predicted molar refractivity (Wildman–Crippen MR) is 124 cm³/mol. The Morgan fingerprint density at radius 3 is 2.85 bits per heavy atom. The Morgan fingerprint density at radius 1 is 1.36 bits per heavy atom. The molecule has 1 amide bonds. The Kier molecular flexibility index (Phi) is 6.16. The number of aliphatic imine (C=N–C) groups is 1. The summed E-state index contributed by atoms with van der Waals surface area (Å²) >= 11 is 0. The summed E-state index contributed by atoms with van der Waals surface area (Å²) in [6.07, 6.45) is 1.06. The molecule has 0 aromatic heterocycles. The molecule has 0 spiro atoms. The number of aliphatic hydroxyl groups is 1. The van der Waals surface area contributed by atoms with Gasteiger partial charge in [0.15, 0.2) is 5.84 Å². The number of amidine groups is 2. The molecular formula is C25H27N5O3. The van der Waals surface area contributed by atoms with E-state index in [1.165, 1.54) is 0 Å². The van der Waals surface area contributed by atoms with Crippen molar-refractivity contribution in [1.82, 2.24) is 4.90 Å². The minimum Gasteiger partial charge on any atom is -0.490 e. The predicted octanol–water partition coefficient (Wildman–Crippen LogP) is 2.51. The van der Waals surface area contributed by atoms with Crippen LogP contribution in [0.2, 0.25) is 0 Å². The van der Waals surface area contributed by atoms with E-state index in [0.29, 0.717) is 41.8 Å². The minimum atomic E-state index is -0.0771. The van der Waals surface area contributed by atoms with E-state index in [-0.39, 0.29) is 42.2 Å². The Morgan fingerprint density at radius 2 is 2.15 bits per heavy atom. The largest absolute Gasteiger partial charge is 0.490 e. The summed E-state index contributed by atoms with van der Waals surface area (Å²) in [4.78, 5) is 18.4. The normalized spacial score (nSPS) is 19.4. The first-order valence-electron chi connectivity index (χ1n) is 11.0. The summed E-state index contributed by atoms with van der Waals surface area (Å²) in [5.74, 6) is 0.853. The van der Waals surface area contributed by atoms with Crippen molar-refractivity contribution < 1.29 is 14.6 Å². The van der Waals surface area contributed by atoms with Gasteiger partial charge in [-0.15, -0.1) is 0 Å². The maximum atomic E-state index is 12.3. The number of nitriles is 1. The zero-order valence-corrected chi connectivity index (χ0v) is 18.7. The van der Waals surface area contributed by atoms with Gasteiger partial charge in [0.2, 0.25) is 5.91 Å². The topological polar surface area (TPSA) is 136 Å². The number of nitrogens with one attached hydrogen (secondary N) is 1. The summed E-state index contributed by atoms with van der Waals surface area (Å²) in [6, 6.07) is 12.8. The fraction of sp³-hybridized carbons (Fsp3) is 0.360. The van der Waals surface area contributed by atoms with Crippen LogP contribution in [0.3, 0.4) is 0 Å². The molecule has 4 rings (SSSR count). The molecule has 33 heavy (non-hydrogen) atoms. The highest BCUT2D eigenvalue weighted by atomic mass is 16.5. The van der Waals surface area contributed by atoms with Crippen LogP contribution in [0.5, 0.6) is 5.75 Å². The van der Waals surface area contributed by atoms with E-state index in [2.05, 4.69) is 11.1 Å². The zero-order valence-electron chi connectivity index (χ0n) is 18.7. The molecule has 2 aliphatic rings. The summed E-state index contributed by atoms with van der Waals surface area (Å²) in [6.45, 7) is 4.01. The van der Waals surface area contributed by atoms with Crippen LogP contribution >= 0.6 is 0 Å². The molecular weight excluding hydrogens is 418 g/mol. The van der Waals surface area contributed by atoms with Crippen LogP contribution < -0.4 is 10.5 Å². The van der Waals surface area contributed by atoms with Crippen molar-refractivity contribution in [3.8, 4) is 11.8 Å². The summed E-state index contributed by atoms with van der Waals surface area (Å²) in [5.41, 5.74) is 9.79. The molecule has 4 N–H and O–H groups in total. The molecule has 1 heterocycles. The van der Waals surface area contributed by atoms with Crippen LogP contribution in [0.4, 0.5) is 0 Å². The standard InChI is InChI=1S/C25H27N5O3/c1-14(2)33-21-7-6-15(10-17(21)13-26)24(27)29-25(28)19-5-3-4-18-20(19)11-16-12-22(32)30(8-9-31)23(16)18/h3-7,10,14,16,23,31H,8-9,11-12H2,1-2H3,(H3,27,28,29)/t16-,23?/m1/s1. The number of carbonyl (C=O) groups excluding carboxylic acids is 1. The van der Waals surface area contributed by atoms with E-state index in [9.17, 15) is 15.2 Å². The smallest absolute Gasteiger partial charge is 0.223 e. The van der Waals surface area contributed by atoms with E-state index in [1.807, 2.05) is 32.0 Å². The number of amides is 1. The van der Waals surface area contributed by atoms with Crippen LogP contribution in [0.25, 0.3) is 0 Å². The second-order valence-electron chi connectivity index (χ2n) is 8.63. The number of likely N-dealkylation sites (tertiary alicyclic amines) is 1. The number of hydrogen-bond acceptors (Lipinski definition) is 5. The number of rotatable bonds is 6. The maximum absolute atomic E-state index is 12.3. The fourth-order valence-corrected chi connectivity index (χ4v) is 4.81. The lowest BCUT2D eigenvalue weighted by atomic mass is 10.0. The van der Waals surface area contributed by atoms with Gasteiger partial charge < -0.3 is 20.5 Å². The summed E-state index contributed by atoms with van der Waals surface area (Å²) in [7, 11) is 0. The van der Waals surface area contributed by atoms with Gasteiger partial charge >= 0.3 is 0 Å². The average Bonchev–Trinajstić information content (AvgIpc) is 3.28. The number of hydrogen-bond donors (Lipinski definition) is 3. The van der Waals surface area contributed by atoms with Crippen LogP contribution in [-0.2, 0) is 11.2 Å². The van der Waals surface area contributed by atoms with Gasteiger partial charge in [-0.1, -0.05) is 18.2 Å². The molecule has 2 atom stereocenters. The van der Waals surface area contributed by atoms with Crippen LogP contribution in [0.15, 0.2) is 41.4 Å². The molecule has 0 radical (unpaired) electrons. The van der Waals surface area contributed by atoms with Crippen LogP contribution in [0, 0.1) is 22.7 Å². The van der Waals surface area contributed by atoms with Gasteiger partial charge in [0.05, 0.1) is 24.3 Å². The van der Waals surface area contributed by atoms with Crippen molar-refractivity contribution in [3.05, 3.63) is 64.2 Å². The molecule has 0 saturated carbocycles. The Bertz CT molecular complexity index is 1180. The molecule has 1 aliphatic carbocycles. The number of fused-ring (bicyclic) bond motifs is 3. The van der Waals surface area contributed by atoms with Crippen molar-refractivity contribution in [2.75, 3.05) is 13.2 Å². The second kappa shape index (κ2) is 9.04. The highest BCUT2D eigenvalue weighted by Crippen LogP contribution is 2.47. The van der Waals surface area contributed by atoms with Gasteiger partial charge in [-0.25, -0.2) is 4.99 Å². The number of benzene rings is 2. The summed E-state index contributed by atoms with van der Waals surface area (Å²) in [5, 5.41) is 27.4. The third-order valence-electron chi connectivity index (χ3n) is 6.12. The van der Waals surface area contributed by atoms with E-state index in [1.54, 1.807) is 23.1 Å². The van der Waals surface area contributed by atoms with Crippen molar-refractivity contribution in [2.45, 2.75) is 38.8 Å². The lowest BCUT2D eigenvalue weighted by Gasteiger charge is -2.24. The highest BCUT2D eigenvalue weighted by molar-refractivity contribution is 6.10. The Hall–Kier alpha value is -3.70. The quantitative estimate of drug-likeness (QED) is 0.464. The lowest BCUT2D eigenvalue weighted by molar-refractivity contribution is -0.129. The maximum Gasteiger partial charge on any atom is 0.223 e. The zero-order chi connectivity index (χ0) is 23.7. The average molecular weight is 446 g/mol. The molecule has 0 bridgehead atoms. The van der Waals surface area contributed by atoms with Gasteiger partial charge in [-0.3, -0.25) is 10.2 Å². The van der Waals surface area contributed by atoms with E-state index < -0.39 is 0 Å². The van der Waals surface area contributed by atoms with Gasteiger partial charge in [0.25, 0.3) is 0 Å². The van der Waals surface area contributed by atoms with Crippen LogP contribution in [-0.4, -0.2) is 46.8 Å². The van der Waals surface area contributed by atoms with Crippen molar-refractivity contribution >= 4 is 17.6 Å². The molecule has 8 heteroatoms. The molecule has 2 aromatic rings. The summed E-state index contributed by atoms with van der Waals surface area (Å²) < 4.78 is 5.65. The first kappa shape index (κ1) is 22.5. The Balaban J connectivity index is 1.62. The molecule has 1 fully saturated rings. The van der Waals surface area contributed by atoms with Gasteiger partial charge in [0, 0.05) is 24.1 Å². The number of nitrogens with two attached hydrogens (primary N) is 1. The molecule has 1 saturated heterocycles. The van der Waals surface area contributed by atoms with E-state index >= 15 is 0 Å². The van der Waals surface area contributed by atoms with Crippen molar-refractivity contribution in [2.24, 2.45) is 16.6 Å². The number of aliphatic hydroxyl groups excluding tert-OH is 1. The number of nitrogens with zero attached hydrogens (tertiary/aromatic N) is 3. The first-order valence-corrected chi connectivity index (χ1v) is 11.0. The molecule has 170 valence electrons. The highest BCUT2D eigenvalue weighted by Gasteiger charge is 2.46. The third-order valence-corrected chi connectivity index (χ3v) is 6.12. The van der Waals surface area contributed by atoms with Crippen molar-refractivity contribution in [3.63, 3.8) is 0 Å². The molecule has 8 nitrogen and oxygen atoms in total. The van der Waals surface area contributed by atoms with Gasteiger partial charge in [0.1, 0.15) is 17.7 Å². The van der Waals surface area contributed by atoms with E-state index in [4.69, 9.17) is 15.9 Å². The van der Waals surface area contributed by atoms with Gasteiger partial charge in [-0.05, 0) is 55.5 Å². The third kappa shape index (κ3) is 4.20. The molecule has 1 aliphatic heterocycles. The number of β-amino-alcohol motifs (C(OH)–C–C–N with tert-alkyl or cyclic N) is 1. The number of carbonyl (C=O) groups is 1. The second-order valence-corrected chi connectivity index (χ2v) is 8.63. The lowest BCUT2D eigenvalue weighted by Crippen LogP contribution is -2.30. The SMILES string of the molecule is CC(C)Oc1ccc(/C(N)=N/C(=N)c2cccc3c2C[C@@H]2CC(=O)N(CCO)C32)cc1C#N. The monoisotopic (exact) mass is 445 g/mol. The molecule has 2 aromatic carbocycles. The van der Waals surface area contributed by atoms with E-state index in [0.717, 1.165) is 11.1 Å². The van der Waals surface area contributed by atoms with Crippen LogP contribution in [0.1, 0.15) is 54.1 Å². The first-order chi connectivity index (χ1) is 15.8. The molecule has 1 unspecified atom stereocenters. The van der Waals surface area contributed by atoms with Gasteiger partial charge in [-0.2, -0.15) is 5.26 Å². The van der Waals surface area contributed by atoms with Crippen molar-refractivity contribution in [1.29, 1.82) is 10.7 Å².